The molecule has 5 nitrogen and oxygen atoms in total. The van der Waals surface area contributed by atoms with E-state index in [1.54, 1.807) is 18.2 Å². The third-order valence-corrected chi connectivity index (χ3v) is 3.89. The molecule has 2 rings (SSSR count). The minimum atomic E-state index is -4.64. The van der Waals surface area contributed by atoms with Gasteiger partial charge in [0.15, 0.2) is 16.8 Å². The molecule has 1 N–H and O–H groups in total. The van der Waals surface area contributed by atoms with Crippen molar-refractivity contribution < 1.29 is 22.6 Å². The smallest absolute Gasteiger partial charge is 0.279 e. The maximum absolute atomic E-state index is 12.1. The number of fused-ring (bicyclic) bond motifs is 1. The molecular formula is C13H10O5S. The number of hydrogen-bond acceptors (Lipinski definition) is 4. The third-order valence-electron chi connectivity index (χ3n) is 2.83. The standard InChI is InChI=1S/C13H10O5S/c1-2-11(14)10-7-8-5-3-4-6-9(8)13(12(10)15)19(16,17)18/h2-7,13H,1H2,(H,16,17,18). The molecular weight excluding hydrogens is 268 g/mol. The van der Waals surface area contributed by atoms with Gasteiger partial charge < -0.3 is 0 Å². The fourth-order valence-corrected chi connectivity index (χ4v) is 2.92. The van der Waals surface area contributed by atoms with Crippen molar-refractivity contribution in [1.29, 1.82) is 0 Å². The third kappa shape index (κ3) is 2.27. The molecule has 0 spiro atoms. The summed E-state index contributed by atoms with van der Waals surface area (Å²) in [5, 5.41) is -1.76. The Morgan fingerprint density at radius 2 is 1.95 bits per heavy atom. The van der Waals surface area contributed by atoms with Gasteiger partial charge in [-0.25, -0.2) is 0 Å². The quantitative estimate of drug-likeness (QED) is 0.512. The van der Waals surface area contributed by atoms with Crippen LogP contribution in [0.25, 0.3) is 6.08 Å². The summed E-state index contributed by atoms with van der Waals surface area (Å²) in [7, 11) is -4.64. The highest BCUT2D eigenvalue weighted by Gasteiger charge is 2.40. The summed E-state index contributed by atoms with van der Waals surface area (Å²) in [5.74, 6) is -1.61. The van der Waals surface area contributed by atoms with E-state index in [2.05, 4.69) is 6.58 Å². The van der Waals surface area contributed by atoms with Crippen LogP contribution < -0.4 is 0 Å². The predicted octanol–water partition coefficient (Wildman–Crippen LogP) is 1.34. The van der Waals surface area contributed by atoms with Crippen molar-refractivity contribution in [2.24, 2.45) is 0 Å². The molecule has 1 aliphatic carbocycles. The van der Waals surface area contributed by atoms with Gasteiger partial charge in [0.25, 0.3) is 10.1 Å². The van der Waals surface area contributed by atoms with Gasteiger partial charge in [0.1, 0.15) is 0 Å². The number of hydrogen-bond donors (Lipinski definition) is 1. The van der Waals surface area contributed by atoms with Crippen molar-refractivity contribution in [3.05, 3.63) is 53.6 Å². The first-order chi connectivity index (χ1) is 8.86. The molecule has 0 fully saturated rings. The Morgan fingerprint density at radius 3 is 2.53 bits per heavy atom. The lowest BCUT2D eigenvalue weighted by atomic mass is 9.89. The molecule has 19 heavy (non-hydrogen) atoms. The summed E-state index contributed by atoms with van der Waals surface area (Å²) in [6.45, 7) is 3.26. The van der Waals surface area contributed by atoms with Crippen LogP contribution >= 0.6 is 0 Å². The fourth-order valence-electron chi connectivity index (χ4n) is 1.99. The van der Waals surface area contributed by atoms with Gasteiger partial charge in [0, 0.05) is 0 Å². The number of benzene rings is 1. The molecule has 0 bridgehead atoms. The lowest BCUT2D eigenvalue weighted by Gasteiger charge is -2.21. The van der Waals surface area contributed by atoms with Gasteiger partial charge in [0.2, 0.25) is 0 Å². The highest BCUT2D eigenvalue weighted by atomic mass is 32.2. The summed E-state index contributed by atoms with van der Waals surface area (Å²) in [4.78, 5) is 23.6. The molecule has 0 heterocycles. The average molecular weight is 278 g/mol. The summed E-state index contributed by atoms with van der Waals surface area (Å²) in [6.07, 6.45) is 2.24. The van der Waals surface area contributed by atoms with Gasteiger partial charge in [0.05, 0.1) is 5.57 Å². The van der Waals surface area contributed by atoms with Gasteiger partial charge in [-0.15, -0.1) is 0 Å². The van der Waals surface area contributed by atoms with Crippen molar-refractivity contribution in [1.82, 2.24) is 0 Å². The Morgan fingerprint density at radius 1 is 1.32 bits per heavy atom. The largest absolute Gasteiger partial charge is 0.292 e. The number of ketones is 2. The van der Waals surface area contributed by atoms with Gasteiger partial charge in [-0.1, -0.05) is 30.8 Å². The van der Waals surface area contributed by atoms with E-state index in [1.165, 1.54) is 12.1 Å². The van der Waals surface area contributed by atoms with Crippen LogP contribution in [-0.2, 0) is 19.7 Å². The van der Waals surface area contributed by atoms with Crippen LogP contribution in [0.1, 0.15) is 16.4 Å². The molecule has 98 valence electrons. The lowest BCUT2D eigenvalue weighted by molar-refractivity contribution is -0.119. The zero-order valence-corrected chi connectivity index (χ0v) is 10.6. The van der Waals surface area contributed by atoms with Crippen molar-refractivity contribution in [2.75, 3.05) is 0 Å². The van der Waals surface area contributed by atoms with Crippen molar-refractivity contribution >= 4 is 27.8 Å². The topological polar surface area (TPSA) is 88.5 Å². The second kappa shape index (κ2) is 4.56. The SMILES string of the molecule is C=CC(=O)C1=Cc2ccccc2C(S(=O)(=O)O)C1=O. The number of carbonyl (C=O) groups is 2. The molecule has 1 aromatic rings. The van der Waals surface area contributed by atoms with Gasteiger partial charge in [-0.3, -0.25) is 14.1 Å². The summed E-state index contributed by atoms with van der Waals surface area (Å²) in [5.41, 5.74) is 0.280. The van der Waals surface area contributed by atoms with Crippen molar-refractivity contribution in [3.63, 3.8) is 0 Å². The first-order valence-corrected chi connectivity index (χ1v) is 6.84. The molecule has 0 aromatic heterocycles. The van der Waals surface area contributed by atoms with Crippen LogP contribution in [0, 0.1) is 0 Å². The van der Waals surface area contributed by atoms with E-state index in [-0.39, 0.29) is 11.1 Å². The van der Waals surface area contributed by atoms with Crippen LogP contribution in [0.4, 0.5) is 0 Å². The first kappa shape index (κ1) is 13.4. The molecule has 0 aliphatic heterocycles. The molecule has 0 saturated heterocycles. The average Bonchev–Trinajstić information content (AvgIpc) is 2.35. The van der Waals surface area contributed by atoms with E-state index in [0.717, 1.165) is 6.08 Å². The van der Waals surface area contributed by atoms with Crippen molar-refractivity contribution in [2.45, 2.75) is 5.25 Å². The Labute approximate surface area is 110 Å². The van der Waals surface area contributed by atoms with Gasteiger partial charge >= 0.3 is 0 Å². The number of carbonyl (C=O) groups excluding carboxylic acids is 2. The molecule has 0 radical (unpaired) electrons. The second-order valence-electron chi connectivity index (χ2n) is 4.01. The summed E-state index contributed by atoms with van der Waals surface area (Å²) < 4.78 is 32.0. The molecule has 1 aliphatic rings. The predicted molar refractivity (Wildman–Crippen MR) is 68.9 cm³/mol. The van der Waals surface area contributed by atoms with E-state index >= 15 is 0 Å². The van der Waals surface area contributed by atoms with Crippen LogP contribution in [0.5, 0.6) is 0 Å². The van der Waals surface area contributed by atoms with Crippen LogP contribution in [0.15, 0.2) is 42.5 Å². The van der Waals surface area contributed by atoms with Crippen LogP contribution in [0.2, 0.25) is 0 Å². The minimum Gasteiger partial charge on any atom is -0.292 e. The highest BCUT2D eigenvalue weighted by molar-refractivity contribution is 7.86. The Kier molecular flexibility index (Phi) is 3.21. The first-order valence-electron chi connectivity index (χ1n) is 5.34. The maximum atomic E-state index is 12.1. The van der Waals surface area contributed by atoms with Crippen LogP contribution in [0.3, 0.4) is 0 Å². The molecule has 6 heteroatoms. The van der Waals surface area contributed by atoms with E-state index in [9.17, 15) is 22.6 Å². The van der Waals surface area contributed by atoms with E-state index in [4.69, 9.17) is 0 Å². The van der Waals surface area contributed by atoms with E-state index in [0.29, 0.717) is 5.56 Å². The number of rotatable bonds is 3. The second-order valence-corrected chi connectivity index (χ2v) is 5.52. The zero-order valence-electron chi connectivity index (χ0n) is 9.74. The fraction of sp³-hybridized carbons (Fsp3) is 0.0769. The zero-order chi connectivity index (χ0) is 14.2. The van der Waals surface area contributed by atoms with Gasteiger partial charge in [-0.05, 0) is 23.3 Å². The summed E-state index contributed by atoms with van der Waals surface area (Å²) >= 11 is 0. The molecule has 1 atom stereocenters. The Hall–Kier alpha value is -2.05. The maximum Gasteiger partial charge on any atom is 0.279 e. The van der Waals surface area contributed by atoms with Gasteiger partial charge in [-0.2, -0.15) is 8.42 Å². The lowest BCUT2D eigenvalue weighted by Crippen LogP contribution is -2.29. The normalized spacial score (nSPS) is 18.5. The molecule has 1 unspecified atom stereocenters. The Bertz CT molecular complexity index is 712. The van der Waals surface area contributed by atoms with E-state index in [1.807, 2.05) is 0 Å². The molecule has 0 saturated carbocycles. The number of Topliss-reactive ketones (excluding diaryl/α,β-unsaturated/α-hetero) is 1. The van der Waals surface area contributed by atoms with Crippen molar-refractivity contribution in [3.8, 4) is 0 Å². The Balaban J connectivity index is 2.73. The molecule has 1 aromatic carbocycles. The monoisotopic (exact) mass is 278 g/mol. The minimum absolute atomic E-state index is 0.163. The van der Waals surface area contributed by atoms with Crippen LogP contribution in [-0.4, -0.2) is 24.5 Å². The molecule has 0 amide bonds. The summed E-state index contributed by atoms with van der Waals surface area (Å²) in [6, 6.07) is 6.19. The highest BCUT2D eigenvalue weighted by Crippen LogP contribution is 2.34. The van der Waals surface area contributed by atoms with E-state index < -0.39 is 26.9 Å². The number of allylic oxidation sites excluding steroid dienone is 2.